The topological polar surface area (TPSA) is 38.7 Å². The van der Waals surface area contributed by atoms with Crippen molar-refractivity contribution in [3.63, 3.8) is 0 Å². The van der Waals surface area contributed by atoms with E-state index in [1.165, 1.54) is 14.2 Å². The average Bonchev–Trinajstić information content (AvgIpc) is 2.17. The van der Waals surface area contributed by atoms with Crippen LogP contribution in [-0.4, -0.2) is 19.3 Å². The Morgan fingerprint density at radius 3 is 2.36 bits per heavy atom. The Hall–Kier alpha value is -1.00. The van der Waals surface area contributed by atoms with E-state index >= 15 is 0 Å². The normalized spacial score (nSPS) is 10.1. The molecule has 0 aromatic heterocycles. The van der Waals surface area contributed by atoms with Crippen molar-refractivity contribution in [2.75, 3.05) is 14.2 Å². The Kier molecular flexibility index (Phi) is 3.55. The Balaban J connectivity index is 3.39. The third kappa shape index (κ3) is 1.76. The molecule has 0 saturated carbocycles. The van der Waals surface area contributed by atoms with E-state index in [0.29, 0.717) is 0 Å². The fraction of sp³-hybridized carbons (Fsp3) is 0.333. The number of halogens is 2. The lowest BCUT2D eigenvalue weighted by Gasteiger charge is -2.12. The van der Waals surface area contributed by atoms with Gasteiger partial charge in [0.15, 0.2) is 11.6 Å². The zero-order valence-corrected chi connectivity index (χ0v) is 8.56. The molecule has 1 rings (SSSR count). The van der Waals surface area contributed by atoms with Crippen LogP contribution < -0.4 is 9.47 Å². The van der Waals surface area contributed by atoms with Crippen LogP contribution in [0.1, 0.15) is 5.56 Å². The van der Waals surface area contributed by atoms with Gasteiger partial charge in [-0.1, -0.05) is 11.6 Å². The summed E-state index contributed by atoms with van der Waals surface area (Å²) in [4.78, 5) is 0. The third-order valence-electron chi connectivity index (χ3n) is 1.79. The van der Waals surface area contributed by atoms with Gasteiger partial charge in [-0.3, -0.25) is 0 Å². The van der Waals surface area contributed by atoms with Crippen molar-refractivity contribution >= 4 is 11.6 Å². The summed E-state index contributed by atoms with van der Waals surface area (Å²) < 4.78 is 22.9. The van der Waals surface area contributed by atoms with Gasteiger partial charge in [0.05, 0.1) is 20.8 Å². The van der Waals surface area contributed by atoms with Gasteiger partial charge >= 0.3 is 0 Å². The maximum absolute atomic E-state index is 13.2. The molecule has 1 N–H and O–H groups in total. The van der Waals surface area contributed by atoms with E-state index in [4.69, 9.17) is 26.2 Å². The van der Waals surface area contributed by atoms with E-state index < -0.39 is 5.82 Å². The van der Waals surface area contributed by atoms with Gasteiger partial charge in [-0.05, 0) is 6.07 Å². The molecule has 1 aromatic carbocycles. The molecule has 14 heavy (non-hydrogen) atoms. The number of benzene rings is 1. The average molecular weight is 221 g/mol. The fourth-order valence-corrected chi connectivity index (χ4v) is 1.52. The highest BCUT2D eigenvalue weighted by Crippen LogP contribution is 2.38. The molecule has 0 atom stereocenters. The Morgan fingerprint density at radius 1 is 1.36 bits per heavy atom. The molecule has 0 heterocycles. The molecule has 0 spiro atoms. The summed E-state index contributed by atoms with van der Waals surface area (Å²) in [7, 11) is 2.69. The van der Waals surface area contributed by atoms with Crippen LogP contribution in [-0.2, 0) is 6.61 Å². The molecular formula is C9H10ClFO3. The molecular weight excluding hydrogens is 211 g/mol. The highest BCUT2D eigenvalue weighted by atomic mass is 35.5. The minimum Gasteiger partial charge on any atom is -0.495 e. The van der Waals surface area contributed by atoms with Gasteiger partial charge in [-0.25, -0.2) is 4.39 Å². The number of aliphatic hydroxyl groups is 1. The van der Waals surface area contributed by atoms with Crippen LogP contribution in [0.5, 0.6) is 11.5 Å². The van der Waals surface area contributed by atoms with E-state index in [-0.39, 0.29) is 28.7 Å². The number of ether oxygens (including phenoxy) is 2. The highest BCUT2D eigenvalue weighted by molar-refractivity contribution is 6.33. The standard InChI is InChI=1S/C9H10ClFO3/c1-13-8-5(4-12)3-6(11)9(14-2)7(8)10/h3,12H,4H2,1-2H3. The lowest BCUT2D eigenvalue weighted by Crippen LogP contribution is -1.98. The van der Waals surface area contributed by atoms with Crippen molar-refractivity contribution in [3.8, 4) is 11.5 Å². The summed E-state index contributed by atoms with van der Waals surface area (Å²) in [6.45, 7) is -0.343. The number of hydrogen-bond acceptors (Lipinski definition) is 3. The predicted molar refractivity (Wildman–Crippen MR) is 50.4 cm³/mol. The minimum atomic E-state index is -0.623. The summed E-state index contributed by atoms with van der Waals surface area (Å²) in [5, 5.41) is 8.94. The van der Waals surface area contributed by atoms with Crippen molar-refractivity contribution in [2.45, 2.75) is 6.61 Å². The highest BCUT2D eigenvalue weighted by Gasteiger charge is 2.17. The van der Waals surface area contributed by atoms with Crippen LogP contribution in [0.4, 0.5) is 4.39 Å². The summed E-state index contributed by atoms with van der Waals surface area (Å²) in [5.41, 5.74) is 0.288. The first-order chi connectivity index (χ1) is 6.65. The van der Waals surface area contributed by atoms with Crippen molar-refractivity contribution < 1.29 is 19.0 Å². The lowest BCUT2D eigenvalue weighted by molar-refractivity contribution is 0.272. The molecule has 1 aromatic rings. The van der Waals surface area contributed by atoms with Crippen LogP contribution >= 0.6 is 11.6 Å². The third-order valence-corrected chi connectivity index (χ3v) is 2.13. The molecule has 0 bridgehead atoms. The zero-order valence-electron chi connectivity index (χ0n) is 7.80. The fourth-order valence-electron chi connectivity index (χ4n) is 1.16. The summed E-state index contributed by atoms with van der Waals surface area (Å²) >= 11 is 5.80. The molecule has 5 heteroatoms. The molecule has 0 aliphatic heterocycles. The first-order valence-corrected chi connectivity index (χ1v) is 4.23. The van der Waals surface area contributed by atoms with Crippen molar-refractivity contribution in [3.05, 3.63) is 22.5 Å². The maximum Gasteiger partial charge on any atom is 0.176 e. The van der Waals surface area contributed by atoms with Crippen LogP contribution in [0.25, 0.3) is 0 Å². The maximum atomic E-state index is 13.2. The molecule has 0 fully saturated rings. The van der Waals surface area contributed by atoms with Crippen LogP contribution in [0.3, 0.4) is 0 Å². The van der Waals surface area contributed by atoms with Crippen molar-refractivity contribution in [1.82, 2.24) is 0 Å². The molecule has 0 unspecified atom stereocenters. The molecule has 0 amide bonds. The van der Waals surface area contributed by atoms with Gasteiger partial charge in [-0.2, -0.15) is 0 Å². The lowest BCUT2D eigenvalue weighted by atomic mass is 10.2. The summed E-state index contributed by atoms with van der Waals surface area (Å²) in [6.07, 6.45) is 0. The van der Waals surface area contributed by atoms with Gasteiger partial charge in [-0.15, -0.1) is 0 Å². The second-order valence-electron chi connectivity index (χ2n) is 2.56. The van der Waals surface area contributed by atoms with E-state index in [9.17, 15) is 4.39 Å². The van der Waals surface area contributed by atoms with E-state index in [2.05, 4.69) is 0 Å². The first-order valence-electron chi connectivity index (χ1n) is 3.85. The van der Waals surface area contributed by atoms with E-state index in [1.54, 1.807) is 0 Å². The van der Waals surface area contributed by atoms with Crippen molar-refractivity contribution in [1.29, 1.82) is 0 Å². The Morgan fingerprint density at radius 2 is 1.93 bits per heavy atom. The minimum absolute atomic E-state index is 0.0269. The van der Waals surface area contributed by atoms with Gasteiger partial charge in [0, 0.05) is 5.56 Å². The Bertz CT molecular complexity index is 341. The molecule has 0 aliphatic carbocycles. The summed E-state index contributed by atoms with van der Waals surface area (Å²) in [6, 6.07) is 1.13. The number of rotatable bonds is 3. The number of aliphatic hydroxyl groups excluding tert-OH is 1. The molecule has 78 valence electrons. The van der Waals surface area contributed by atoms with Gasteiger partial charge < -0.3 is 14.6 Å². The van der Waals surface area contributed by atoms with Crippen LogP contribution in [0.2, 0.25) is 5.02 Å². The number of hydrogen-bond donors (Lipinski definition) is 1. The van der Waals surface area contributed by atoms with Gasteiger partial charge in [0.25, 0.3) is 0 Å². The van der Waals surface area contributed by atoms with Gasteiger partial charge in [0.1, 0.15) is 10.8 Å². The van der Waals surface area contributed by atoms with E-state index in [0.717, 1.165) is 6.07 Å². The van der Waals surface area contributed by atoms with Gasteiger partial charge in [0.2, 0.25) is 0 Å². The number of methoxy groups -OCH3 is 2. The largest absolute Gasteiger partial charge is 0.495 e. The monoisotopic (exact) mass is 220 g/mol. The second-order valence-corrected chi connectivity index (χ2v) is 2.93. The SMILES string of the molecule is COc1c(F)cc(CO)c(OC)c1Cl. The first kappa shape index (κ1) is 11.1. The quantitative estimate of drug-likeness (QED) is 0.847. The smallest absolute Gasteiger partial charge is 0.176 e. The predicted octanol–water partition coefficient (Wildman–Crippen LogP) is 1.99. The molecule has 3 nitrogen and oxygen atoms in total. The van der Waals surface area contributed by atoms with E-state index in [1.807, 2.05) is 0 Å². The van der Waals surface area contributed by atoms with Crippen LogP contribution in [0.15, 0.2) is 6.07 Å². The molecule has 0 saturated heterocycles. The second kappa shape index (κ2) is 4.48. The molecule has 0 radical (unpaired) electrons. The van der Waals surface area contributed by atoms with Crippen LogP contribution in [0, 0.1) is 5.82 Å². The van der Waals surface area contributed by atoms with Crippen molar-refractivity contribution in [2.24, 2.45) is 0 Å². The summed E-state index contributed by atoms with van der Waals surface area (Å²) in [5.74, 6) is -0.476. The zero-order chi connectivity index (χ0) is 10.7. The Labute approximate surface area is 86.0 Å². The molecule has 0 aliphatic rings.